The van der Waals surface area contributed by atoms with Gasteiger partial charge in [0.2, 0.25) is 0 Å². The maximum absolute atomic E-state index is 10.4. The van der Waals surface area contributed by atoms with E-state index in [-0.39, 0.29) is 96.3 Å². The van der Waals surface area contributed by atoms with Crippen LogP contribution in [0, 0.1) is 0 Å². The SMILES string of the molecule is O.O.O=C([O-])CN(CCCN(CC(=O)[O-])CC(=O)[O-])CC(=O)[O-].[Ni+3].[Ni+3].[OH-].[OH-].[OH3+].[OH3+].[OH3+].[OH3+]. The van der Waals surface area contributed by atoms with Gasteiger partial charge in [0, 0.05) is 39.3 Å². The molecule has 0 bridgehead atoms. The average Bonchev–Trinajstić information content (AvgIpc) is 2.24. The third kappa shape index (κ3) is 47.6. The summed E-state index contributed by atoms with van der Waals surface area (Å²) in [5.41, 5.74) is 0. The number of carboxylic acids is 4. The molecule has 2 radical (unpaired) electrons. The number of hydrogen-bond acceptors (Lipinski definition) is 12. The van der Waals surface area contributed by atoms with Gasteiger partial charge >= 0.3 is 33.0 Å². The monoisotopic (exact) mass is 564 g/mol. The van der Waals surface area contributed by atoms with E-state index in [1.54, 1.807) is 0 Å². The van der Waals surface area contributed by atoms with Gasteiger partial charge in [-0.2, -0.15) is 0 Å². The molecule has 31 heavy (non-hydrogen) atoms. The van der Waals surface area contributed by atoms with E-state index in [9.17, 15) is 39.6 Å². The minimum atomic E-state index is -1.47. The molecule has 198 valence electrons. The predicted octanol–water partition coefficient (Wildman–Crippen LogP) is -12.7. The quantitative estimate of drug-likeness (QED) is 0.157. The largest absolute Gasteiger partial charge is 3.00 e. The third-order valence-electron chi connectivity index (χ3n) is 2.36. The van der Waals surface area contributed by atoms with E-state index in [1.807, 2.05) is 0 Å². The van der Waals surface area contributed by atoms with Gasteiger partial charge in [-0.1, -0.05) is 0 Å². The Hall–Kier alpha value is -1.53. The van der Waals surface area contributed by atoms with Crippen molar-refractivity contribution in [3.63, 3.8) is 0 Å². The molecular formula is C11H32N2Ni2O16+4. The Balaban J connectivity index is -0.0000000444. The zero-order valence-electron chi connectivity index (χ0n) is 15.9. The van der Waals surface area contributed by atoms with Gasteiger partial charge in [-0.3, -0.25) is 9.80 Å². The minimum absolute atomic E-state index is 0. The van der Waals surface area contributed by atoms with Crippen molar-refractivity contribution in [2.24, 2.45) is 0 Å². The Morgan fingerprint density at radius 3 is 0.806 bits per heavy atom. The molecule has 0 atom stereocenters. The Bertz CT molecular complexity index is 349. The van der Waals surface area contributed by atoms with Crippen molar-refractivity contribution in [3.05, 3.63) is 0 Å². The van der Waals surface area contributed by atoms with Crippen LogP contribution in [-0.2, 0) is 74.1 Å². The number of aliphatic carboxylic acids is 4. The molecule has 0 aliphatic carbocycles. The molecule has 18 nitrogen and oxygen atoms in total. The third-order valence-corrected chi connectivity index (χ3v) is 2.36. The second-order valence-electron chi connectivity index (χ2n) is 4.26. The molecule has 20 heteroatoms. The molecule has 0 aromatic carbocycles. The van der Waals surface area contributed by atoms with Crippen LogP contribution in [0.25, 0.3) is 0 Å². The summed E-state index contributed by atoms with van der Waals surface area (Å²) in [6.45, 7) is -2.55. The zero-order chi connectivity index (χ0) is 16.4. The van der Waals surface area contributed by atoms with Crippen LogP contribution >= 0.6 is 0 Å². The van der Waals surface area contributed by atoms with Gasteiger partial charge < -0.3 is 83.4 Å². The molecule has 0 fully saturated rings. The number of rotatable bonds is 12. The van der Waals surface area contributed by atoms with Crippen molar-refractivity contribution >= 4 is 23.9 Å². The summed E-state index contributed by atoms with van der Waals surface area (Å²) < 4.78 is 0. The van der Waals surface area contributed by atoms with Crippen LogP contribution in [0.2, 0.25) is 0 Å². The first kappa shape index (κ1) is 70.0. The van der Waals surface area contributed by atoms with E-state index in [4.69, 9.17) is 0 Å². The summed E-state index contributed by atoms with van der Waals surface area (Å²) in [5.74, 6) is -5.90. The standard InChI is InChI=1S/C11H18N2O8.2Ni.8H2O/c14-8(15)4-12(5-9(16)17)2-1-3-13(6-10(18)19)7-11(20)21;;;;;;;;;;/h1-7H2,(H,14,15)(H,16,17)(H,18,19)(H,20,21);;;8*1H2/q;2*+3;;;;;;;;/p-2. The zero-order valence-corrected chi connectivity index (χ0v) is 17.9. The summed E-state index contributed by atoms with van der Waals surface area (Å²) >= 11 is 0. The number of carbonyl (C=O) groups is 4. The van der Waals surface area contributed by atoms with Crippen molar-refractivity contribution in [1.82, 2.24) is 9.80 Å². The summed E-state index contributed by atoms with van der Waals surface area (Å²) in [5, 5.41) is 41.7. The maximum atomic E-state index is 10.4. The van der Waals surface area contributed by atoms with Crippen LogP contribution in [0.4, 0.5) is 0 Å². The fourth-order valence-corrected chi connectivity index (χ4v) is 1.68. The topological polar surface area (TPSA) is 422 Å². The fourth-order valence-electron chi connectivity index (χ4n) is 1.68. The molecule has 0 aliphatic rings. The summed E-state index contributed by atoms with van der Waals surface area (Å²) in [4.78, 5) is 43.8. The van der Waals surface area contributed by atoms with Crippen LogP contribution in [0.5, 0.6) is 0 Å². The number of hydrogen-bond donors (Lipinski definition) is 0. The van der Waals surface area contributed by atoms with E-state index in [2.05, 4.69) is 0 Å². The average molecular weight is 566 g/mol. The molecule has 0 saturated heterocycles. The molecule has 0 aromatic heterocycles. The van der Waals surface area contributed by atoms with E-state index < -0.39 is 50.1 Å². The van der Waals surface area contributed by atoms with Crippen LogP contribution < -0.4 is 20.4 Å². The predicted molar refractivity (Wildman–Crippen MR) is 88.1 cm³/mol. The van der Waals surface area contributed by atoms with Crippen molar-refractivity contribution < 1.29 is 116 Å². The van der Waals surface area contributed by atoms with Crippen molar-refractivity contribution in [1.29, 1.82) is 0 Å². The molecule has 18 N–H and O–H groups in total. The summed E-state index contributed by atoms with van der Waals surface area (Å²) in [6, 6.07) is 0. The molecule has 0 aliphatic heterocycles. The van der Waals surface area contributed by atoms with Crippen LogP contribution in [-0.4, -0.2) is 94.9 Å². The number of carboxylic acid groups (broad SMARTS) is 4. The fraction of sp³-hybridized carbons (Fsp3) is 0.636. The Labute approximate surface area is 196 Å². The van der Waals surface area contributed by atoms with E-state index in [1.165, 1.54) is 0 Å². The number of carbonyl (C=O) groups excluding carboxylic acids is 4. The smallest absolute Gasteiger partial charge is 0.870 e. The first-order valence-electron chi connectivity index (χ1n) is 5.94. The van der Waals surface area contributed by atoms with Gasteiger partial charge in [0.15, 0.2) is 0 Å². The molecule has 0 spiro atoms. The first-order valence-corrected chi connectivity index (χ1v) is 5.94. The molecule has 0 aromatic rings. The minimum Gasteiger partial charge on any atom is -0.870 e. The van der Waals surface area contributed by atoms with E-state index in [0.29, 0.717) is 0 Å². The molecule has 0 heterocycles. The van der Waals surface area contributed by atoms with Crippen molar-refractivity contribution in [2.75, 3.05) is 39.3 Å². The van der Waals surface area contributed by atoms with Gasteiger partial charge in [-0.25, -0.2) is 0 Å². The van der Waals surface area contributed by atoms with Gasteiger partial charge in [0.25, 0.3) is 0 Å². The summed E-state index contributed by atoms with van der Waals surface area (Å²) in [6.07, 6.45) is 0.140. The van der Waals surface area contributed by atoms with Gasteiger partial charge in [0.05, 0.1) is 23.9 Å². The van der Waals surface area contributed by atoms with Gasteiger partial charge in [-0.15, -0.1) is 0 Å². The van der Waals surface area contributed by atoms with Gasteiger partial charge in [0.1, 0.15) is 0 Å². The first-order chi connectivity index (χ1) is 9.70. The molecule has 0 amide bonds. The van der Waals surface area contributed by atoms with Crippen LogP contribution in [0.1, 0.15) is 6.42 Å². The van der Waals surface area contributed by atoms with Crippen molar-refractivity contribution in [3.8, 4) is 0 Å². The van der Waals surface area contributed by atoms with Crippen LogP contribution in [0.3, 0.4) is 0 Å². The second-order valence-corrected chi connectivity index (χ2v) is 4.26. The van der Waals surface area contributed by atoms with Crippen LogP contribution in [0.15, 0.2) is 0 Å². The Morgan fingerprint density at radius 2 is 0.677 bits per heavy atom. The normalized spacial score (nSPS) is 7.29. The van der Waals surface area contributed by atoms with Gasteiger partial charge in [-0.05, 0) is 6.42 Å². The second kappa shape index (κ2) is 39.0. The van der Waals surface area contributed by atoms with Crippen molar-refractivity contribution in [2.45, 2.75) is 6.42 Å². The molecule has 0 rings (SSSR count). The molecular weight excluding hydrogens is 534 g/mol. The maximum Gasteiger partial charge on any atom is 3.00 e. The molecule has 0 unspecified atom stereocenters. The summed E-state index contributed by atoms with van der Waals surface area (Å²) in [7, 11) is 0. The number of nitrogens with zero attached hydrogens (tertiary/aromatic N) is 2. The molecule has 0 saturated carbocycles. The Morgan fingerprint density at radius 1 is 0.516 bits per heavy atom. The van der Waals surface area contributed by atoms with E-state index >= 15 is 0 Å². The van der Waals surface area contributed by atoms with E-state index in [0.717, 1.165) is 9.80 Å². The Kier molecular flexibility index (Phi) is 88.1.